The van der Waals surface area contributed by atoms with Gasteiger partial charge in [-0.1, -0.05) is 6.07 Å². The molecule has 0 amide bonds. The first kappa shape index (κ1) is 15.5. The Morgan fingerprint density at radius 1 is 1.04 bits per heavy atom. The maximum atomic E-state index is 13.1. The third-order valence-corrected chi connectivity index (χ3v) is 4.99. The molecule has 0 saturated heterocycles. The average Bonchev–Trinajstić information content (AvgIpc) is 2.52. The molecule has 3 rings (SSSR count). The summed E-state index contributed by atoms with van der Waals surface area (Å²) in [5, 5.41) is 0. The van der Waals surface area contributed by atoms with Crippen molar-refractivity contribution in [1.82, 2.24) is 14.7 Å². The summed E-state index contributed by atoms with van der Waals surface area (Å²) in [6.45, 7) is 1.68. The van der Waals surface area contributed by atoms with Gasteiger partial charge in [-0.3, -0.25) is 9.97 Å². The fraction of sp³-hybridized carbons (Fsp3) is 0.125. The summed E-state index contributed by atoms with van der Waals surface area (Å²) < 4.78 is 40.3. The van der Waals surface area contributed by atoms with Crippen LogP contribution in [0.5, 0.6) is 0 Å². The lowest BCUT2D eigenvalue weighted by Gasteiger charge is -2.09. The number of sulfonamides is 1. The first-order chi connectivity index (χ1) is 11.0. The van der Waals surface area contributed by atoms with Crippen LogP contribution in [-0.4, -0.2) is 18.4 Å². The van der Waals surface area contributed by atoms with Gasteiger partial charge in [-0.2, -0.15) is 0 Å². The normalized spacial score (nSPS) is 11.7. The molecule has 0 radical (unpaired) electrons. The molecule has 0 aliphatic heterocycles. The van der Waals surface area contributed by atoms with Crippen molar-refractivity contribution < 1.29 is 12.8 Å². The molecule has 5 nitrogen and oxygen atoms in total. The van der Waals surface area contributed by atoms with Crippen LogP contribution in [-0.2, 0) is 16.6 Å². The summed E-state index contributed by atoms with van der Waals surface area (Å²) in [6.07, 6.45) is 3.18. The second kappa shape index (κ2) is 6.02. The number of halogens is 1. The Balaban J connectivity index is 1.83. The van der Waals surface area contributed by atoms with E-state index in [4.69, 9.17) is 0 Å². The Bertz CT molecular complexity index is 974. The summed E-state index contributed by atoms with van der Waals surface area (Å²) >= 11 is 0. The van der Waals surface area contributed by atoms with Gasteiger partial charge in [0, 0.05) is 18.9 Å². The van der Waals surface area contributed by atoms with E-state index in [2.05, 4.69) is 14.7 Å². The maximum Gasteiger partial charge on any atom is 0.241 e. The van der Waals surface area contributed by atoms with E-state index >= 15 is 0 Å². The lowest BCUT2D eigenvalue weighted by Crippen LogP contribution is -2.24. The number of benzene rings is 2. The van der Waals surface area contributed by atoms with Crippen molar-refractivity contribution in [2.24, 2.45) is 0 Å². The molecule has 0 bridgehead atoms. The monoisotopic (exact) mass is 331 g/mol. The van der Waals surface area contributed by atoms with E-state index in [-0.39, 0.29) is 11.4 Å². The summed E-state index contributed by atoms with van der Waals surface area (Å²) in [5.41, 5.74) is 2.57. The number of hydrogen-bond donors (Lipinski definition) is 1. The largest absolute Gasteiger partial charge is 0.253 e. The molecule has 0 unspecified atom stereocenters. The first-order valence-corrected chi connectivity index (χ1v) is 8.39. The zero-order chi connectivity index (χ0) is 16.4. The second-order valence-corrected chi connectivity index (χ2v) is 6.85. The molecule has 2 aromatic carbocycles. The van der Waals surface area contributed by atoms with Crippen LogP contribution >= 0.6 is 0 Å². The molecule has 0 saturated carbocycles. The van der Waals surface area contributed by atoms with E-state index < -0.39 is 15.8 Å². The van der Waals surface area contributed by atoms with Crippen LogP contribution in [0.2, 0.25) is 0 Å². The molecule has 1 heterocycles. The number of hydrogen-bond acceptors (Lipinski definition) is 4. The van der Waals surface area contributed by atoms with E-state index in [1.807, 2.05) is 0 Å². The fourth-order valence-corrected chi connectivity index (χ4v) is 3.53. The highest BCUT2D eigenvalue weighted by Crippen LogP contribution is 2.17. The highest BCUT2D eigenvalue weighted by molar-refractivity contribution is 7.89. The number of aromatic nitrogens is 2. The lowest BCUT2D eigenvalue weighted by molar-refractivity contribution is 0.579. The van der Waals surface area contributed by atoms with Crippen molar-refractivity contribution in [2.45, 2.75) is 18.4 Å². The van der Waals surface area contributed by atoms with E-state index in [0.717, 1.165) is 17.1 Å². The van der Waals surface area contributed by atoms with Crippen LogP contribution < -0.4 is 4.72 Å². The number of fused-ring (bicyclic) bond motifs is 1. The van der Waals surface area contributed by atoms with Crippen LogP contribution in [0.3, 0.4) is 0 Å². The fourth-order valence-electron chi connectivity index (χ4n) is 2.29. The highest BCUT2D eigenvalue weighted by Gasteiger charge is 2.16. The van der Waals surface area contributed by atoms with E-state index in [1.165, 1.54) is 12.1 Å². The van der Waals surface area contributed by atoms with Crippen molar-refractivity contribution in [1.29, 1.82) is 0 Å². The van der Waals surface area contributed by atoms with E-state index in [9.17, 15) is 12.8 Å². The number of nitrogens with zero attached hydrogens (tertiary/aromatic N) is 2. The molecule has 0 atom stereocenters. The van der Waals surface area contributed by atoms with Crippen molar-refractivity contribution in [3.05, 3.63) is 65.7 Å². The van der Waals surface area contributed by atoms with Crippen LogP contribution in [0.1, 0.15) is 11.1 Å². The van der Waals surface area contributed by atoms with E-state index in [0.29, 0.717) is 11.1 Å². The van der Waals surface area contributed by atoms with Crippen LogP contribution in [0.4, 0.5) is 4.39 Å². The third kappa shape index (κ3) is 3.35. The quantitative estimate of drug-likeness (QED) is 0.797. The molecule has 3 aromatic rings. The summed E-state index contributed by atoms with van der Waals surface area (Å²) in [7, 11) is -3.71. The van der Waals surface area contributed by atoms with E-state index in [1.54, 1.807) is 37.5 Å². The Labute approximate surface area is 133 Å². The Morgan fingerprint density at radius 2 is 1.78 bits per heavy atom. The predicted octanol–water partition coefficient (Wildman–Crippen LogP) is 2.56. The van der Waals surface area contributed by atoms with Gasteiger partial charge in [0.1, 0.15) is 5.82 Å². The summed E-state index contributed by atoms with van der Waals surface area (Å²) in [5.74, 6) is -0.463. The van der Waals surface area contributed by atoms with Crippen molar-refractivity contribution in [3.8, 4) is 0 Å². The average molecular weight is 331 g/mol. The molecule has 118 valence electrons. The van der Waals surface area contributed by atoms with Gasteiger partial charge in [-0.25, -0.2) is 17.5 Å². The standard InChI is InChI=1S/C16H14FN3O2S/c1-11-8-13(17)3-5-16(11)23(21,22)20-10-12-2-4-14-15(9-12)19-7-6-18-14/h2-9,20H,10H2,1H3. The Morgan fingerprint density at radius 3 is 2.52 bits per heavy atom. The molecule has 7 heteroatoms. The SMILES string of the molecule is Cc1cc(F)ccc1S(=O)(=O)NCc1ccc2nccnc2c1. The van der Waals surface area contributed by atoms with Crippen molar-refractivity contribution in [2.75, 3.05) is 0 Å². The molecule has 0 aliphatic carbocycles. The maximum absolute atomic E-state index is 13.1. The molecular weight excluding hydrogens is 317 g/mol. The van der Waals surface area contributed by atoms with Crippen molar-refractivity contribution >= 4 is 21.1 Å². The predicted molar refractivity (Wildman–Crippen MR) is 84.7 cm³/mol. The van der Waals surface area contributed by atoms with Gasteiger partial charge in [0.05, 0.1) is 15.9 Å². The molecule has 23 heavy (non-hydrogen) atoms. The molecule has 1 aromatic heterocycles. The molecule has 0 aliphatic rings. The first-order valence-electron chi connectivity index (χ1n) is 6.91. The van der Waals surface area contributed by atoms with Gasteiger partial charge in [0.15, 0.2) is 0 Å². The molecule has 1 N–H and O–H groups in total. The number of aryl methyl sites for hydroxylation is 1. The van der Waals surface area contributed by atoms with Crippen LogP contribution in [0.15, 0.2) is 53.7 Å². The molecule has 0 spiro atoms. The van der Waals surface area contributed by atoms with Crippen molar-refractivity contribution in [3.63, 3.8) is 0 Å². The minimum Gasteiger partial charge on any atom is -0.253 e. The van der Waals surface area contributed by atoms with Gasteiger partial charge >= 0.3 is 0 Å². The lowest BCUT2D eigenvalue weighted by atomic mass is 10.2. The van der Waals surface area contributed by atoms with Gasteiger partial charge < -0.3 is 0 Å². The smallest absolute Gasteiger partial charge is 0.241 e. The zero-order valence-electron chi connectivity index (χ0n) is 12.3. The second-order valence-electron chi connectivity index (χ2n) is 5.11. The van der Waals surface area contributed by atoms with Gasteiger partial charge in [0.2, 0.25) is 10.0 Å². The molecule has 0 fully saturated rings. The molecular formula is C16H14FN3O2S. The van der Waals surface area contributed by atoms with Crippen LogP contribution in [0.25, 0.3) is 11.0 Å². The summed E-state index contributed by atoms with van der Waals surface area (Å²) in [4.78, 5) is 8.42. The van der Waals surface area contributed by atoms with Gasteiger partial charge in [0.25, 0.3) is 0 Å². The van der Waals surface area contributed by atoms with Gasteiger partial charge in [-0.05, 0) is 48.4 Å². The Kier molecular flexibility index (Phi) is 4.06. The van der Waals surface area contributed by atoms with Crippen LogP contribution in [0, 0.1) is 12.7 Å². The third-order valence-electron chi connectivity index (χ3n) is 3.43. The number of nitrogens with one attached hydrogen (secondary N) is 1. The minimum atomic E-state index is -3.71. The number of rotatable bonds is 4. The minimum absolute atomic E-state index is 0.0690. The topological polar surface area (TPSA) is 72.0 Å². The van der Waals surface area contributed by atoms with Gasteiger partial charge in [-0.15, -0.1) is 0 Å². The summed E-state index contributed by atoms with van der Waals surface area (Å²) in [6, 6.07) is 8.95. The highest BCUT2D eigenvalue weighted by atomic mass is 32.2. The Hall–Kier alpha value is -2.38. The zero-order valence-corrected chi connectivity index (χ0v) is 13.1.